The van der Waals surface area contributed by atoms with Crippen LogP contribution in [0.5, 0.6) is 0 Å². The van der Waals surface area contributed by atoms with E-state index in [2.05, 4.69) is 15.6 Å². The van der Waals surface area contributed by atoms with Gasteiger partial charge in [-0.1, -0.05) is 0 Å². The Morgan fingerprint density at radius 1 is 1.60 bits per heavy atom. The molecule has 1 heterocycles. The van der Waals surface area contributed by atoms with Crippen molar-refractivity contribution in [1.29, 1.82) is 0 Å². The Balaban J connectivity index is 2.59. The summed E-state index contributed by atoms with van der Waals surface area (Å²) in [4.78, 5) is 4.08. The van der Waals surface area contributed by atoms with Gasteiger partial charge in [0.15, 0.2) is 0 Å². The Hall–Kier alpha value is -1.03. The Labute approximate surface area is 59.6 Å². The smallest absolute Gasteiger partial charge is 0.294 e. The predicted molar refractivity (Wildman–Crippen MR) is 38.8 cm³/mol. The molecule has 0 saturated heterocycles. The molecule has 0 amide bonds. The molecular weight excluding hydrogens is 130 g/mol. The maximum absolute atomic E-state index is 5.00. The largest absolute Gasteiger partial charge is 0.432 e. The van der Waals surface area contributed by atoms with E-state index in [0.29, 0.717) is 6.01 Å². The van der Waals surface area contributed by atoms with Crippen molar-refractivity contribution < 1.29 is 4.42 Å². The van der Waals surface area contributed by atoms with Crippen LogP contribution < -0.4 is 10.6 Å². The van der Waals surface area contributed by atoms with Crippen LogP contribution in [0.3, 0.4) is 0 Å². The molecule has 4 nitrogen and oxygen atoms in total. The second kappa shape index (κ2) is 3.22. The maximum atomic E-state index is 5.00. The average molecular weight is 141 g/mol. The molecule has 1 aromatic heterocycles. The van der Waals surface area contributed by atoms with Gasteiger partial charge < -0.3 is 15.1 Å². The molecule has 0 bridgehead atoms. The Morgan fingerprint density at radius 2 is 2.40 bits per heavy atom. The van der Waals surface area contributed by atoms with E-state index in [1.807, 2.05) is 7.05 Å². The fourth-order valence-corrected chi connectivity index (χ4v) is 0.684. The Bertz CT molecular complexity index is 197. The Morgan fingerprint density at radius 3 is 2.90 bits per heavy atom. The third-order valence-electron chi connectivity index (χ3n) is 1.12. The molecule has 0 unspecified atom stereocenters. The summed E-state index contributed by atoms with van der Waals surface area (Å²) in [6.45, 7) is 0.741. The van der Waals surface area contributed by atoms with Crippen LogP contribution in [0, 0.1) is 0 Å². The molecule has 10 heavy (non-hydrogen) atoms. The molecule has 0 aromatic carbocycles. The summed E-state index contributed by atoms with van der Waals surface area (Å²) in [6.07, 6.45) is 1.63. The molecule has 0 atom stereocenters. The van der Waals surface area contributed by atoms with E-state index >= 15 is 0 Å². The number of oxazole rings is 1. The van der Waals surface area contributed by atoms with Crippen molar-refractivity contribution in [2.45, 2.75) is 6.54 Å². The van der Waals surface area contributed by atoms with Gasteiger partial charge in [0.1, 0.15) is 6.26 Å². The van der Waals surface area contributed by atoms with Crippen LogP contribution in [-0.4, -0.2) is 19.1 Å². The first-order chi connectivity index (χ1) is 4.86. The Kier molecular flexibility index (Phi) is 2.28. The second-order valence-corrected chi connectivity index (χ2v) is 1.92. The molecule has 4 heteroatoms. The van der Waals surface area contributed by atoms with Gasteiger partial charge in [0.2, 0.25) is 0 Å². The normalized spacial score (nSPS) is 9.80. The first kappa shape index (κ1) is 7.08. The van der Waals surface area contributed by atoms with Crippen molar-refractivity contribution in [3.8, 4) is 0 Å². The molecule has 0 aliphatic carbocycles. The fourth-order valence-electron chi connectivity index (χ4n) is 0.684. The highest BCUT2D eigenvalue weighted by atomic mass is 16.4. The highest BCUT2D eigenvalue weighted by Crippen LogP contribution is 2.04. The molecular formula is C6H11N3O. The number of anilines is 1. The highest BCUT2D eigenvalue weighted by Gasteiger charge is 1.98. The summed E-state index contributed by atoms with van der Waals surface area (Å²) in [5.41, 5.74) is 0.909. The number of rotatable bonds is 3. The highest BCUT2D eigenvalue weighted by molar-refractivity contribution is 5.19. The van der Waals surface area contributed by atoms with Gasteiger partial charge in [0, 0.05) is 13.6 Å². The summed E-state index contributed by atoms with van der Waals surface area (Å²) < 4.78 is 5.00. The third-order valence-corrected chi connectivity index (χ3v) is 1.12. The standard InChI is InChI=1S/C6H11N3O/c1-7-3-5-4-10-6(8-2)9-5/h4,7H,3H2,1-2H3,(H,8,9). The summed E-state index contributed by atoms with van der Waals surface area (Å²) in [5.74, 6) is 0. The summed E-state index contributed by atoms with van der Waals surface area (Å²) in [7, 11) is 3.64. The van der Waals surface area contributed by atoms with Gasteiger partial charge in [-0.2, -0.15) is 4.98 Å². The van der Waals surface area contributed by atoms with Gasteiger partial charge in [-0.15, -0.1) is 0 Å². The molecule has 0 saturated carbocycles. The van der Waals surface area contributed by atoms with E-state index in [1.54, 1.807) is 13.3 Å². The summed E-state index contributed by atoms with van der Waals surface area (Å²) in [6, 6.07) is 0.560. The van der Waals surface area contributed by atoms with Gasteiger partial charge in [-0.05, 0) is 7.05 Å². The van der Waals surface area contributed by atoms with Crippen LogP contribution in [0.4, 0.5) is 6.01 Å². The molecule has 0 radical (unpaired) electrons. The van der Waals surface area contributed by atoms with Crippen LogP contribution in [0.15, 0.2) is 10.7 Å². The van der Waals surface area contributed by atoms with Crippen molar-refractivity contribution in [3.63, 3.8) is 0 Å². The minimum atomic E-state index is 0.560. The topological polar surface area (TPSA) is 50.1 Å². The molecule has 0 spiro atoms. The monoisotopic (exact) mass is 141 g/mol. The zero-order valence-corrected chi connectivity index (χ0v) is 6.14. The number of hydrogen-bond acceptors (Lipinski definition) is 4. The van der Waals surface area contributed by atoms with E-state index in [-0.39, 0.29) is 0 Å². The van der Waals surface area contributed by atoms with E-state index in [4.69, 9.17) is 4.42 Å². The van der Waals surface area contributed by atoms with E-state index < -0.39 is 0 Å². The molecule has 1 rings (SSSR count). The molecule has 0 fully saturated rings. The minimum absolute atomic E-state index is 0.560. The van der Waals surface area contributed by atoms with E-state index in [1.165, 1.54) is 0 Å². The lowest BCUT2D eigenvalue weighted by Crippen LogP contribution is -2.05. The number of nitrogens with zero attached hydrogens (tertiary/aromatic N) is 1. The van der Waals surface area contributed by atoms with Crippen molar-refractivity contribution >= 4 is 6.01 Å². The predicted octanol–water partition coefficient (Wildman–Crippen LogP) is 0.436. The SMILES string of the molecule is CNCc1coc(NC)n1. The molecule has 56 valence electrons. The van der Waals surface area contributed by atoms with Crippen LogP contribution in [0.25, 0.3) is 0 Å². The summed E-state index contributed by atoms with van der Waals surface area (Å²) >= 11 is 0. The van der Waals surface area contributed by atoms with Gasteiger partial charge in [0.05, 0.1) is 5.69 Å². The second-order valence-electron chi connectivity index (χ2n) is 1.92. The number of hydrogen-bond donors (Lipinski definition) is 2. The van der Waals surface area contributed by atoms with Gasteiger partial charge in [-0.3, -0.25) is 0 Å². The van der Waals surface area contributed by atoms with Crippen molar-refractivity contribution in [2.24, 2.45) is 0 Å². The summed E-state index contributed by atoms with van der Waals surface area (Å²) in [5, 5.41) is 5.77. The number of nitrogens with one attached hydrogen (secondary N) is 2. The van der Waals surface area contributed by atoms with Crippen LogP contribution >= 0.6 is 0 Å². The lowest BCUT2D eigenvalue weighted by molar-refractivity contribution is 0.572. The van der Waals surface area contributed by atoms with Crippen LogP contribution in [0.1, 0.15) is 5.69 Å². The fraction of sp³-hybridized carbons (Fsp3) is 0.500. The molecule has 2 N–H and O–H groups in total. The van der Waals surface area contributed by atoms with Crippen LogP contribution in [-0.2, 0) is 6.54 Å². The first-order valence-corrected chi connectivity index (χ1v) is 3.13. The molecule has 1 aromatic rings. The zero-order chi connectivity index (χ0) is 7.40. The third kappa shape index (κ3) is 1.48. The lowest BCUT2D eigenvalue weighted by Gasteiger charge is -1.88. The first-order valence-electron chi connectivity index (χ1n) is 3.13. The van der Waals surface area contributed by atoms with Gasteiger partial charge in [-0.25, -0.2) is 0 Å². The van der Waals surface area contributed by atoms with Gasteiger partial charge >= 0.3 is 0 Å². The average Bonchev–Trinajstić information content (AvgIpc) is 2.37. The van der Waals surface area contributed by atoms with E-state index in [9.17, 15) is 0 Å². The molecule has 0 aliphatic rings. The minimum Gasteiger partial charge on any atom is -0.432 e. The van der Waals surface area contributed by atoms with E-state index in [0.717, 1.165) is 12.2 Å². The van der Waals surface area contributed by atoms with Crippen molar-refractivity contribution in [3.05, 3.63) is 12.0 Å². The maximum Gasteiger partial charge on any atom is 0.294 e. The van der Waals surface area contributed by atoms with Gasteiger partial charge in [0.25, 0.3) is 6.01 Å². The quantitative estimate of drug-likeness (QED) is 0.641. The number of aromatic nitrogens is 1. The van der Waals surface area contributed by atoms with Crippen molar-refractivity contribution in [1.82, 2.24) is 10.3 Å². The molecule has 0 aliphatic heterocycles. The van der Waals surface area contributed by atoms with Crippen LogP contribution in [0.2, 0.25) is 0 Å². The lowest BCUT2D eigenvalue weighted by atomic mass is 10.5. The van der Waals surface area contributed by atoms with Crippen molar-refractivity contribution in [2.75, 3.05) is 19.4 Å². The zero-order valence-electron chi connectivity index (χ0n) is 6.14.